The van der Waals surface area contributed by atoms with Gasteiger partial charge in [-0.1, -0.05) is 6.07 Å². The summed E-state index contributed by atoms with van der Waals surface area (Å²) in [7, 11) is 3.49. The quantitative estimate of drug-likeness (QED) is 0.444. The number of aliphatic imine (C=N–C) groups is 1. The topological polar surface area (TPSA) is 58.1 Å². The van der Waals surface area contributed by atoms with E-state index in [1.807, 2.05) is 0 Å². The lowest BCUT2D eigenvalue weighted by atomic mass is 10.2. The summed E-state index contributed by atoms with van der Waals surface area (Å²) < 4.78 is 10.5. The van der Waals surface area contributed by atoms with Crippen LogP contribution in [0.4, 0.5) is 0 Å². The van der Waals surface area contributed by atoms with Crippen LogP contribution in [-0.2, 0) is 9.47 Å². The molecule has 0 radical (unpaired) electrons. The molecule has 1 atom stereocenters. The summed E-state index contributed by atoms with van der Waals surface area (Å²) in [6.45, 7) is 5.80. The Morgan fingerprint density at radius 2 is 2.27 bits per heavy atom. The van der Waals surface area contributed by atoms with Crippen molar-refractivity contribution in [3.63, 3.8) is 0 Å². The minimum absolute atomic E-state index is 0.352. The summed E-state index contributed by atoms with van der Waals surface area (Å²) >= 11 is 1.80. The second-order valence-corrected chi connectivity index (χ2v) is 6.03. The Bertz CT molecular complexity index is 433. The zero-order valence-electron chi connectivity index (χ0n) is 13.4. The zero-order valence-corrected chi connectivity index (χ0v) is 14.2. The van der Waals surface area contributed by atoms with Crippen LogP contribution >= 0.6 is 11.3 Å². The molecule has 0 aliphatic carbocycles. The third-order valence-corrected chi connectivity index (χ3v) is 4.62. The molecule has 2 heterocycles. The highest BCUT2D eigenvalue weighted by Crippen LogP contribution is 2.25. The molecule has 0 aromatic carbocycles. The first-order valence-electron chi connectivity index (χ1n) is 7.63. The van der Waals surface area contributed by atoms with Crippen LogP contribution in [0.3, 0.4) is 0 Å². The number of rotatable bonds is 7. The lowest BCUT2D eigenvalue weighted by Crippen LogP contribution is -2.46. The molecule has 1 unspecified atom stereocenters. The largest absolute Gasteiger partial charge is 0.383 e. The molecule has 0 bridgehead atoms. The van der Waals surface area contributed by atoms with Crippen LogP contribution in [0.2, 0.25) is 0 Å². The molecular formula is C15H26N4O2S. The first-order valence-corrected chi connectivity index (χ1v) is 8.51. The second kappa shape index (κ2) is 9.78. The maximum absolute atomic E-state index is 5.47. The van der Waals surface area contributed by atoms with E-state index in [0.29, 0.717) is 12.6 Å². The lowest BCUT2D eigenvalue weighted by Gasteiger charge is -2.34. The molecule has 124 valence electrons. The Labute approximate surface area is 136 Å². The number of thiophene rings is 1. The van der Waals surface area contributed by atoms with E-state index in [-0.39, 0.29) is 0 Å². The molecule has 0 amide bonds. The van der Waals surface area contributed by atoms with E-state index in [9.17, 15) is 0 Å². The van der Waals surface area contributed by atoms with Crippen LogP contribution in [0, 0.1) is 0 Å². The second-order valence-electron chi connectivity index (χ2n) is 5.05. The highest BCUT2D eigenvalue weighted by Gasteiger charge is 2.23. The Morgan fingerprint density at radius 1 is 1.45 bits per heavy atom. The Kier molecular flexibility index (Phi) is 7.65. The predicted molar refractivity (Wildman–Crippen MR) is 90.7 cm³/mol. The van der Waals surface area contributed by atoms with E-state index in [2.05, 4.69) is 38.0 Å². The molecular weight excluding hydrogens is 300 g/mol. The third-order valence-electron chi connectivity index (χ3n) is 3.64. The van der Waals surface area contributed by atoms with Crippen molar-refractivity contribution in [1.82, 2.24) is 15.5 Å². The molecule has 1 aromatic rings. The molecule has 2 rings (SSSR count). The number of guanidine groups is 1. The maximum atomic E-state index is 5.47. The maximum Gasteiger partial charge on any atom is 0.191 e. The number of nitrogens with one attached hydrogen (secondary N) is 2. The number of methoxy groups -OCH3 is 1. The van der Waals surface area contributed by atoms with Crippen molar-refractivity contribution in [3.8, 4) is 0 Å². The van der Waals surface area contributed by atoms with Crippen molar-refractivity contribution in [2.24, 2.45) is 4.99 Å². The zero-order chi connectivity index (χ0) is 15.6. The lowest BCUT2D eigenvalue weighted by molar-refractivity contribution is 0.0177. The number of hydrogen-bond donors (Lipinski definition) is 2. The van der Waals surface area contributed by atoms with Gasteiger partial charge in [0.25, 0.3) is 0 Å². The Morgan fingerprint density at radius 3 is 2.91 bits per heavy atom. The fraction of sp³-hybridized carbons (Fsp3) is 0.667. The van der Waals surface area contributed by atoms with Crippen molar-refractivity contribution in [2.45, 2.75) is 6.04 Å². The number of ether oxygens (including phenoxy) is 2. The Balaban J connectivity index is 1.91. The van der Waals surface area contributed by atoms with Gasteiger partial charge in [-0.05, 0) is 11.4 Å². The highest BCUT2D eigenvalue weighted by molar-refractivity contribution is 7.10. The summed E-state index contributed by atoms with van der Waals surface area (Å²) in [6, 6.07) is 4.66. The van der Waals surface area contributed by atoms with E-state index in [0.717, 1.165) is 45.4 Å². The molecule has 1 aliphatic rings. The fourth-order valence-electron chi connectivity index (χ4n) is 2.47. The van der Waals surface area contributed by atoms with E-state index in [4.69, 9.17) is 9.47 Å². The van der Waals surface area contributed by atoms with E-state index < -0.39 is 0 Å². The number of nitrogens with zero attached hydrogens (tertiary/aromatic N) is 2. The van der Waals surface area contributed by atoms with Gasteiger partial charge in [0, 0.05) is 45.2 Å². The average molecular weight is 326 g/mol. The predicted octanol–water partition coefficient (Wildman–Crippen LogP) is 0.933. The van der Waals surface area contributed by atoms with Crippen molar-refractivity contribution in [2.75, 3.05) is 60.2 Å². The van der Waals surface area contributed by atoms with Crippen LogP contribution in [0.15, 0.2) is 22.5 Å². The molecule has 1 aromatic heterocycles. The van der Waals surface area contributed by atoms with Crippen molar-refractivity contribution < 1.29 is 9.47 Å². The van der Waals surface area contributed by atoms with Crippen LogP contribution in [0.25, 0.3) is 0 Å². The Hall–Kier alpha value is -1.15. The average Bonchev–Trinajstić information content (AvgIpc) is 3.09. The van der Waals surface area contributed by atoms with Gasteiger partial charge in [0.2, 0.25) is 0 Å². The number of hydrogen-bond acceptors (Lipinski definition) is 5. The SMILES string of the molecule is CN=C(NCCOC)NCC(c1cccs1)N1CCOCC1. The third kappa shape index (κ3) is 5.24. The molecule has 0 saturated carbocycles. The van der Waals surface area contributed by atoms with Gasteiger partial charge in [0.15, 0.2) is 5.96 Å². The van der Waals surface area contributed by atoms with Crippen LogP contribution < -0.4 is 10.6 Å². The molecule has 2 N–H and O–H groups in total. The molecule has 1 aliphatic heterocycles. The number of morpholine rings is 1. The van der Waals surface area contributed by atoms with Crippen LogP contribution in [0.5, 0.6) is 0 Å². The molecule has 0 spiro atoms. The van der Waals surface area contributed by atoms with Crippen molar-refractivity contribution in [1.29, 1.82) is 0 Å². The molecule has 1 saturated heterocycles. The minimum atomic E-state index is 0.352. The summed E-state index contributed by atoms with van der Waals surface area (Å²) in [6.07, 6.45) is 0. The molecule has 6 nitrogen and oxygen atoms in total. The van der Waals surface area contributed by atoms with Crippen LogP contribution in [-0.4, -0.2) is 71.0 Å². The minimum Gasteiger partial charge on any atom is -0.383 e. The summed E-state index contributed by atoms with van der Waals surface area (Å²) in [5.74, 6) is 0.812. The fourth-order valence-corrected chi connectivity index (χ4v) is 3.33. The smallest absolute Gasteiger partial charge is 0.191 e. The standard InChI is InChI=1S/C15H26N4O2S/c1-16-15(17-5-8-20-2)18-12-13(14-4-3-11-22-14)19-6-9-21-10-7-19/h3-4,11,13H,5-10,12H2,1-2H3,(H2,16,17,18). The van der Waals surface area contributed by atoms with Crippen LogP contribution in [0.1, 0.15) is 10.9 Å². The van der Waals surface area contributed by atoms with Gasteiger partial charge in [-0.25, -0.2) is 0 Å². The molecule has 7 heteroatoms. The summed E-state index contributed by atoms with van der Waals surface area (Å²) in [5.41, 5.74) is 0. The van der Waals surface area contributed by atoms with Gasteiger partial charge in [-0.15, -0.1) is 11.3 Å². The van der Waals surface area contributed by atoms with Gasteiger partial charge in [-0.2, -0.15) is 0 Å². The highest BCUT2D eigenvalue weighted by atomic mass is 32.1. The van der Waals surface area contributed by atoms with E-state index in [1.165, 1.54) is 4.88 Å². The van der Waals surface area contributed by atoms with Crippen molar-refractivity contribution >= 4 is 17.3 Å². The van der Waals surface area contributed by atoms with Crippen molar-refractivity contribution in [3.05, 3.63) is 22.4 Å². The van der Waals surface area contributed by atoms with E-state index >= 15 is 0 Å². The summed E-state index contributed by atoms with van der Waals surface area (Å²) in [5, 5.41) is 8.80. The van der Waals surface area contributed by atoms with Gasteiger partial charge in [0.05, 0.1) is 25.9 Å². The molecule has 1 fully saturated rings. The summed E-state index contributed by atoms with van der Waals surface area (Å²) in [4.78, 5) is 8.11. The van der Waals surface area contributed by atoms with Gasteiger partial charge in [0.1, 0.15) is 0 Å². The normalized spacial score (nSPS) is 18.2. The first kappa shape index (κ1) is 17.2. The van der Waals surface area contributed by atoms with Gasteiger partial charge < -0.3 is 20.1 Å². The van der Waals surface area contributed by atoms with Gasteiger partial charge >= 0.3 is 0 Å². The monoisotopic (exact) mass is 326 g/mol. The van der Waals surface area contributed by atoms with E-state index in [1.54, 1.807) is 25.5 Å². The molecule has 22 heavy (non-hydrogen) atoms. The van der Waals surface area contributed by atoms with Gasteiger partial charge in [-0.3, -0.25) is 9.89 Å². The first-order chi connectivity index (χ1) is 10.8.